The Balaban J connectivity index is 2.04. The Hall–Kier alpha value is -0.610. The number of alkyl halides is 3. The zero-order chi connectivity index (χ0) is 15.5. The molecule has 8 heteroatoms. The molecule has 0 spiro atoms. The number of nitrogens with two attached hydrogens (primary N) is 1. The molecule has 1 atom stereocenters. The molecule has 1 aliphatic carbocycles. The highest BCUT2D eigenvalue weighted by molar-refractivity contribution is 14.1. The summed E-state index contributed by atoms with van der Waals surface area (Å²) in [7, 11) is 0. The molecular weight excluding hydrogens is 396 g/mol. The largest absolute Gasteiger partial charge is 0.412 e. The van der Waals surface area contributed by atoms with Crippen LogP contribution < -0.4 is 5.84 Å². The normalized spacial score (nSPS) is 28.3. The van der Waals surface area contributed by atoms with E-state index >= 15 is 0 Å². The van der Waals surface area contributed by atoms with E-state index in [4.69, 9.17) is 5.84 Å². The maximum Gasteiger partial charge on any atom is 0.412 e. The molecule has 1 saturated heterocycles. The average Bonchev–Trinajstić information content (AvgIpc) is 2.61. The second-order valence-corrected chi connectivity index (χ2v) is 6.01. The molecule has 2 aliphatic rings. The summed E-state index contributed by atoms with van der Waals surface area (Å²) in [6, 6.07) is 0. The molecule has 1 unspecified atom stereocenters. The summed E-state index contributed by atoms with van der Waals surface area (Å²) in [5.41, 5.74) is 0.532. The molecule has 0 radical (unpaired) electrons. The summed E-state index contributed by atoms with van der Waals surface area (Å²) in [4.78, 5) is 2.15. The Labute approximate surface area is 136 Å². The molecule has 21 heavy (non-hydrogen) atoms. The first kappa shape index (κ1) is 16.8. The molecule has 0 aromatic heterocycles. The Morgan fingerprint density at radius 1 is 1.24 bits per heavy atom. The number of quaternary nitrogens is 1. The van der Waals surface area contributed by atoms with E-state index in [1.54, 1.807) is 12.4 Å². The van der Waals surface area contributed by atoms with Crippen molar-refractivity contribution in [1.82, 2.24) is 4.90 Å². The van der Waals surface area contributed by atoms with Gasteiger partial charge < -0.3 is 4.90 Å². The fourth-order valence-electron chi connectivity index (χ4n) is 2.70. The SMILES string of the molecule is N[N+]1(C=NI)CCCN(C2=CC=C(C(F)(F)F)CC2)CC1. The van der Waals surface area contributed by atoms with Crippen LogP contribution in [-0.4, -0.2) is 48.2 Å². The Morgan fingerprint density at radius 3 is 2.57 bits per heavy atom. The maximum atomic E-state index is 12.6. The number of allylic oxidation sites excluding steroid dienone is 4. The number of rotatable bonds is 2. The highest BCUT2D eigenvalue weighted by Gasteiger charge is 2.34. The lowest BCUT2D eigenvalue weighted by atomic mass is 10.0. The minimum Gasteiger partial charge on any atom is -0.369 e. The van der Waals surface area contributed by atoms with Crippen molar-refractivity contribution < 1.29 is 17.8 Å². The Kier molecular flexibility index (Phi) is 5.31. The zero-order valence-electron chi connectivity index (χ0n) is 11.6. The minimum atomic E-state index is -4.21. The van der Waals surface area contributed by atoms with Gasteiger partial charge in [-0.1, -0.05) is 6.08 Å². The summed E-state index contributed by atoms with van der Waals surface area (Å²) < 4.78 is 42.1. The van der Waals surface area contributed by atoms with Crippen molar-refractivity contribution in [3.8, 4) is 0 Å². The molecule has 0 amide bonds. The number of hydrogen-bond donors (Lipinski definition) is 1. The van der Waals surface area contributed by atoms with E-state index in [0.717, 1.165) is 31.8 Å². The molecule has 1 heterocycles. The number of halogens is 4. The molecule has 2 N–H and O–H groups in total. The lowest BCUT2D eigenvalue weighted by Gasteiger charge is -2.29. The summed E-state index contributed by atoms with van der Waals surface area (Å²) in [5.74, 6) is 6.22. The standard InChI is InChI=1S/C13H19F3IN4/c14-13(15,16)11-2-4-12(5-3-11)20-6-1-8-21(18,9-7-20)10-19-17/h2,4,10H,1,3,5-9,18H2/q+1. The van der Waals surface area contributed by atoms with E-state index in [-0.39, 0.29) is 11.0 Å². The molecule has 0 aromatic carbocycles. The minimum absolute atomic E-state index is 0.0592. The molecule has 1 aliphatic heterocycles. The van der Waals surface area contributed by atoms with Gasteiger partial charge in [0.1, 0.15) is 13.1 Å². The second kappa shape index (κ2) is 6.66. The van der Waals surface area contributed by atoms with Gasteiger partial charge in [-0.2, -0.15) is 22.2 Å². The van der Waals surface area contributed by atoms with Gasteiger partial charge in [0.25, 0.3) is 0 Å². The predicted octanol–water partition coefficient (Wildman–Crippen LogP) is 2.93. The fraction of sp³-hybridized carbons (Fsp3) is 0.615. The van der Waals surface area contributed by atoms with Crippen LogP contribution in [0.1, 0.15) is 19.3 Å². The van der Waals surface area contributed by atoms with Gasteiger partial charge in [0.15, 0.2) is 0 Å². The summed E-state index contributed by atoms with van der Waals surface area (Å²) >= 11 is 1.91. The third-order valence-electron chi connectivity index (χ3n) is 3.96. The average molecular weight is 415 g/mol. The quantitative estimate of drug-likeness (QED) is 0.248. The van der Waals surface area contributed by atoms with E-state index in [0.29, 0.717) is 13.0 Å². The Bertz CT molecular complexity index is 473. The van der Waals surface area contributed by atoms with Crippen LogP contribution >= 0.6 is 22.9 Å². The van der Waals surface area contributed by atoms with Gasteiger partial charge in [0.05, 0.1) is 29.4 Å². The molecule has 1 fully saturated rings. The van der Waals surface area contributed by atoms with Crippen LogP contribution in [-0.2, 0) is 0 Å². The number of nitrogens with zero attached hydrogens (tertiary/aromatic N) is 3. The van der Waals surface area contributed by atoms with Crippen molar-refractivity contribution >= 4 is 29.2 Å². The topological polar surface area (TPSA) is 41.6 Å². The molecule has 0 aromatic rings. The first-order valence-electron chi connectivity index (χ1n) is 6.87. The van der Waals surface area contributed by atoms with Crippen LogP contribution in [0.4, 0.5) is 13.2 Å². The van der Waals surface area contributed by atoms with E-state index in [1.807, 2.05) is 22.9 Å². The lowest BCUT2D eigenvalue weighted by molar-refractivity contribution is -0.845. The van der Waals surface area contributed by atoms with Crippen LogP contribution in [0, 0.1) is 0 Å². The van der Waals surface area contributed by atoms with E-state index in [9.17, 15) is 13.2 Å². The van der Waals surface area contributed by atoms with Crippen molar-refractivity contribution in [3.05, 3.63) is 23.4 Å². The smallest absolute Gasteiger partial charge is 0.369 e. The molecule has 118 valence electrons. The van der Waals surface area contributed by atoms with Gasteiger partial charge in [-0.05, 0) is 18.9 Å². The van der Waals surface area contributed by atoms with Gasteiger partial charge in [-0.25, -0.2) is 4.59 Å². The van der Waals surface area contributed by atoms with E-state index < -0.39 is 11.7 Å². The van der Waals surface area contributed by atoms with Gasteiger partial charge in [-0.15, -0.1) is 0 Å². The van der Waals surface area contributed by atoms with E-state index in [1.165, 1.54) is 6.08 Å². The third-order valence-corrected chi connectivity index (χ3v) is 4.21. The van der Waals surface area contributed by atoms with Gasteiger partial charge in [0, 0.05) is 24.2 Å². The first-order chi connectivity index (χ1) is 9.84. The van der Waals surface area contributed by atoms with Crippen LogP contribution in [0.3, 0.4) is 0 Å². The second-order valence-electron chi connectivity index (χ2n) is 5.45. The highest BCUT2D eigenvalue weighted by Crippen LogP contribution is 2.33. The van der Waals surface area contributed by atoms with Crippen LogP contribution in [0.25, 0.3) is 0 Å². The third kappa shape index (κ3) is 4.43. The van der Waals surface area contributed by atoms with Gasteiger partial charge in [-0.3, -0.25) is 0 Å². The zero-order valence-corrected chi connectivity index (χ0v) is 13.8. The van der Waals surface area contributed by atoms with Crippen molar-refractivity contribution in [3.63, 3.8) is 0 Å². The number of hydrogen-bond acceptors (Lipinski definition) is 3. The Morgan fingerprint density at radius 2 is 2.00 bits per heavy atom. The van der Waals surface area contributed by atoms with Gasteiger partial charge in [0.2, 0.25) is 6.34 Å². The van der Waals surface area contributed by atoms with Crippen LogP contribution in [0.2, 0.25) is 0 Å². The summed E-state index contributed by atoms with van der Waals surface area (Å²) in [6.07, 6.45) is 1.73. The van der Waals surface area contributed by atoms with Crippen LogP contribution in [0.5, 0.6) is 0 Å². The van der Waals surface area contributed by atoms with Crippen molar-refractivity contribution in [2.45, 2.75) is 25.4 Å². The molecule has 2 rings (SSSR count). The van der Waals surface area contributed by atoms with Crippen molar-refractivity contribution in [1.29, 1.82) is 0 Å². The van der Waals surface area contributed by atoms with Gasteiger partial charge >= 0.3 is 6.18 Å². The van der Waals surface area contributed by atoms with Crippen LogP contribution in [0.15, 0.2) is 26.6 Å². The summed E-state index contributed by atoms with van der Waals surface area (Å²) in [6.45, 7) is 3.06. The van der Waals surface area contributed by atoms with Crippen molar-refractivity contribution in [2.75, 3.05) is 26.2 Å². The highest BCUT2D eigenvalue weighted by atomic mass is 127. The monoisotopic (exact) mass is 415 g/mol. The molecule has 0 bridgehead atoms. The molecule has 4 nitrogen and oxygen atoms in total. The van der Waals surface area contributed by atoms with E-state index in [2.05, 4.69) is 8.11 Å². The predicted molar refractivity (Wildman–Crippen MR) is 84.3 cm³/mol. The van der Waals surface area contributed by atoms with Crippen molar-refractivity contribution in [2.24, 2.45) is 9.05 Å². The summed E-state index contributed by atoms with van der Waals surface area (Å²) in [5, 5.41) is 0. The first-order valence-corrected chi connectivity index (χ1v) is 7.83. The fourth-order valence-corrected chi connectivity index (χ4v) is 3.20. The molecule has 0 saturated carbocycles. The lowest BCUT2D eigenvalue weighted by Crippen LogP contribution is -2.55. The molecular formula is C13H19F3IN4+. The maximum absolute atomic E-state index is 12.6.